The summed E-state index contributed by atoms with van der Waals surface area (Å²) in [5.74, 6) is 0. The van der Waals surface area contributed by atoms with Gasteiger partial charge in [-0.2, -0.15) is 0 Å². The van der Waals surface area contributed by atoms with Gasteiger partial charge < -0.3 is 30.2 Å². The summed E-state index contributed by atoms with van der Waals surface area (Å²) in [4.78, 5) is 3.19. The first-order valence-electron chi connectivity index (χ1n) is 3.76. The number of quaternary nitrogens is 1. The highest BCUT2D eigenvalue weighted by Crippen LogP contribution is 1.91. The van der Waals surface area contributed by atoms with Gasteiger partial charge in [-0.1, -0.05) is 0 Å². The summed E-state index contributed by atoms with van der Waals surface area (Å²) in [6, 6.07) is 0. The molecule has 1 saturated heterocycles. The van der Waals surface area contributed by atoms with Crippen molar-refractivity contribution in [3.8, 4) is 0 Å². The highest BCUT2D eigenvalue weighted by atomic mass is 32.1. The minimum atomic E-state index is 0.185. The van der Waals surface area contributed by atoms with Crippen LogP contribution in [-0.4, -0.2) is 24.1 Å². The molecule has 4 heteroatoms. The zero-order valence-electron chi connectivity index (χ0n) is 6.58. The van der Waals surface area contributed by atoms with Crippen LogP contribution in [0.5, 0.6) is 0 Å². The summed E-state index contributed by atoms with van der Waals surface area (Å²) < 4.78 is 0.185. The number of rotatable bonds is 0. The number of hydrogen-bond donors (Lipinski definition) is 1. The maximum absolute atomic E-state index is 4.28. The molecule has 1 aliphatic rings. The summed E-state index contributed by atoms with van der Waals surface area (Å²) in [5, 5.41) is 2.39. The van der Waals surface area contributed by atoms with E-state index in [1.165, 1.54) is 32.4 Å². The first-order valence-corrected chi connectivity index (χ1v) is 4.58. The third-order valence-electron chi connectivity index (χ3n) is 1.45. The molecule has 0 spiro atoms. The van der Waals surface area contributed by atoms with E-state index in [2.05, 4.69) is 41.9 Å². The van der Waals surface area contributed by atoms with Gasteiger partial charge in [0.1, 0.15) is 0 Å². The number of hydrogen-bond acceptors (Lipinski definition) is 2. The van der Waals surface area contributed by atoms with Crippen LogP contribution in [0.4, 0.5) is 0 Å². The van der Waals surface area contributed by atoms with Gasteiger partial charge in [-0.15, -0.1) is 0 Å². The summed E-state index contributed by atoms with van der Waals surface area (Å²) in [7, 11) is 0. The smallest absolute Gasteiger partial charge is 0.0755 e. The van der Waals surface area contributed by atoms with Gasteiger partial charge in [0.2, 0.25) is 0 Å². The van der Waals surface area contributed by atoms with Gasteiger partial charge in [-0.3, -0.25) is 4.99 Å². The fourth-order valence-electron chi connectivity index (χ4n) is 0.898. The molecule has 0 atom stereocenters. The van der Waals surface area contributed by atoms with Crippen LogP contribution < -0.4 is 5.32 Å². The molecule has 1 fully saturated rings. The van der Waals surface area contributed by atoms with Crippen molar-refractivity contribution < 1.29 is 5.32 Å². The number of aliphatic imine (C=N–C) groups is 1. The van der Waals surface area contributed by atoms with Gasteiger partial charge in [0, 0.05) is 0 Å². The molecule has 0 radical (unpaired) electrons. The minimum Gasteiger partial charge on any atom is -0.409 e. The molecule has 2 nitrogen and oxygen atoms in total. The molecule has 1 aliphatic heterocycles. The first-order chi connectivity index (χ1) is 5.27. The normalized spacial score (nSPS) is 16.0. The van der Waals surface area contributed by atoms with Crippen LogP contribution in [0.15, 0.2) is 4.99 Å². The first kappa shape index (κ1) is 10.9. The van der Waals surface area contributed by atoms with Gasteiger partial charge in [0.05, 0.1) is 13.1 Å². The molecule has 1 rings (SSSR count). The number of nitrogens with two attached hydrogens (primary N) is 1. The Morgan fingerprint density at radius 1 is 1.36 bits per heavy atom. The van der Waals surface area contributed by atoms with Crippen LogP contribution >= 0.6 is 12.2 Å². The summed E-state index contributed by atoms with van der Waals surface area (Å²) in [6.45, 7) is 5.81. The third kappa shape index (κ3) is 9.94. The molecular formula is C7H14N2S2. The highest BCUT2D eigenvalue weighted by molar-refractivity contribution is 8.00. The Morgan fingerprint density at radius 3 is 1.91 bits per heavy atom. The van der Waals surface area contributed by atoms with Crippen molar-refractivity contribution in [2.45, 2.75) is 19.3 Å². The fourth-order valence-corrected chi connectivity index (χ4v) is 0.898. The van der Waals surface area contributed by atoms with Crippen molar-refractivity contribution in [3.63, 3.8) is 0 Å². The maximum Gasteiger partial charge on any atom is 0.0755 e. The molecular weight excluding hydrogens is 176 g/mol. The largest absolute Gasteiger partial charge is 0.409 e. The standard InChI is InChI=1S/C5H11N.C2H3NS2/c1-2-4-6-5-3-1;1-3-2(4)5/h6H,1-5H2;1H2,(H,4,5). The summed E-state index contributed by atoms with van der Waals surface area (Å²) in [5.41, 5.74) is 0. The molecule has 0 amide bonds. The van der Waals surface area contributed by atoms with Crippen molar-refractivity contribution in [2.24, 2.45) is 4.99 Å². The van der Waals surface area contributed by atoms with Gasteiger partial charge in [-0.25, -0.2) is 0 Å². The highest BCUT2D eigenvalue weighted by Gasteiger charge is 1.97. The molecule has 0 saturated carbocycles. The number of nitrogens with zero attached hydrogens (tertiary/aromatic N) is 1. The van der Waals surface area contributed by atoms with Crippen LogP contribution in [0.25, 0.3) is 0 Å². The zero-order valence-corrected chi connectivity index (χ0v) is 8.22. The van der Waals surface area contributed by atoms with Gasteiger partial charge in [-0.05, 0) is 30.3 Å². The Kier molecular flexibility index (Phi) is 8.00. The molecule has 0 aromatic heterocycles. The van der Waals surface area contributed by atoms with Crippen molar-refractivity contribution in [2.75, 3.05) is 13.1 Å². The third-order valence-corrected chi connectivity index (χ3v) is 1.70. The average molecular weight is 190 g/mol. The van der Waals surface area contributed by atoms with Crippen LogP contribution in [0.1, 0.15) is 19.3 Å². The fraction of sp³-hybridized carbons (Fsp3) is 0.714. The second-order valence-electron chi connectivity index (χ2n) is 2.35. The Balaban J connectivity index is 0.000000187. The Labute approximate surface area is 78.9 Å². The molecule has 1 heterocycles. The molecule has 0 aromatic rings. The quantitative estimate of drug-likeness (QED) is 0.337. The van der Waals surface area contributed by atoms with Crippen molar-refractivity contribution >= 4 is 35.9 Å². The summed E-state index contributed by atoms with van der Waals surface area (Å²) >= 11 is 8.56. The summed E-state index contributed by atoms with van der Waals surface area (Å²) in [6.07, 6.45) is 4.36. The van der Waals surface area contributed by atoms with Crippen LogP contribution in [0.3, 0.4) is 0 Å². The Morgan fingerprint density at radius 2 is 1.82 bits per heavy atom. The van der Waals surface area contributed by atoms with E-state index < -0.39 is 0 Å². The minimum absolute atomic E-state index is 0.185. The van der Waals surface area contributed by atoms with Crippen LogP contribution in [0, 0.1) is 0 Å². The lowest BCUT2D eigenvalue weighted by atomic mass is 10.2. The van der Waals surface area contributed by atoms with E-state index in [9.17, 15) is 0 Å². The Hall–Kier alpha value is -0.0600. The second-order valence-corrected chi connectivity index (χ2v) is 3.38. The van der Waals surface area contributed by atoms with E-state index in [4.69, 9.17) is 0 Å². The molecule has 0 aromatic carbocycles. The maximum atomic E-state index is 4.28. The Bertz CT molecular complexity index is 110. The number of piperidine rings is 1. The van der Waals surface area contributed by atoms with Gasteiger partial charge >= 0.3 is 0 Å². The SMILES string of the molecule is C1CC[NH2+]CC1.C=NC(=S)[S-]. The van der Waals surface area contributed by atoms with Crippen molar-refractivity contribution in [3.05, 3.63) is 0 Å². The topological polar surface area (TPSA) is 29.0 Å². The van der Waals surface area contributed by atoms with Gasteiger partial charge in [0.25, 0.3) is 0 Å². The van der Waals surface area contributed by atoms with Crippen molar-refractivity contribution in [1.82, 2.24) is 0 Å². The predicted molar refractivity (Wildman–Crippen MR) is 55.0 cm³/mol. The van der Waals surface area contributed by atoms with E-state index in [0.717, 1.165) is 0 Å². The monoisotopic (exact) mass is 190 g/mol. The lowest BCUT2D eigenvalue weighted by Crippen LogP contribution is -2.85. The molecule has 0 aliphatic carbocycles. The molecule has 64 valence electrons. The predicted octanol–water partition coefficient (Wildman–Crippen LogP) is 0.253. The van der Waals surface area contributed by atoms with E-state index >= 15 is 0 Å². The second kappa shape index (κ2) is 8.04. The van der Waals surface area contributed by atoms with E-state index in [-0.39, 0.29) is 4.32 Å². The molecule has 11 heavy (non-hydrogen) atoms. The van der Waals surface area contributed by atoms with E-state index in [1.807, 2.05) is 0 Å². The van der Waals surface area contributed by atoms with Crippen LogP contribution in [-0.2, 0) is 12.6 Å². The molecule has 0 unspecified atom stereocenters. The average Bonchev–Trinajstić information content (AvgIpc) is 2.09. The lowest BCUT2D eigenvalue weighted by Gasteiger charge is -2.05. The molecule has 2 N–H and O–H groups in total. The lowest BCUT2D eigenvalue weighted by molar-refractivity contribution is -0.662. The van der Waals surface area contributed by atoms with Gasteiger partial charge in [0.15, 0.2) is 0 Å². The number of thiocarbonyl (C=S) groups is 1. The van der Waals surface area contributed by atoms with Crippen LogP contribution in [0.2, 0.25) is 0 Å². The van der Waals surface area contributed by atoms with Crippen molar-refractivity contribution in [1.29, 1.82) is 0 Å². The zero-order chi connectivity index (χ0) is 8.53. The molecule has 0 bridgehead atoms. The van der Waals surface area contributed by atoms with E-state index in [1.54, 1.807) is 0 Å². The van der Waals surface area contributed by atoms with E-state index in [0.29, 0.717) is 0 Å².